The van der Waals surface area contributed by atoms with E-state index in [-0.39, 0.29) is 11.9 Å². The van der Waals surface area contributed by atoms with Crippen molar-refractivity contribution in [3.8, 4) is 0 Å². The van der Waals surface area contributed by atoms with Gasteiger partial charge >= 0.3 is 0 Å². The number of unbranched alkanes of at least 4 members (excludes halogenated alkanes) is 2. The second-order valence-electron chi connectivity index (χ2n) is 5.01. The lowest BCUT2D eigenvalue weighted by Crippen LogP contribution is -2.41. The minimum absolute atomic E-state index is 0.0390. The number of likely N-dealkylation sites (N-methyl/N-ethyl adjacent to an activating group) is 1. The summed E-state index contributed by atoms with van der Waals surface area (Å²) < 4.78 is 0. The van der Waals surface area contributed by atoms with Gasteiger partial charge in [-0.25, -0.2) is 0 Å². The Balaban J connectivity index is 3.69. The van der Waals surface area contributed by atoms with Crippen molar-refractivity contribution in [3.05, 3.63) is 0 Å². The molecule has 2 unspecified atom stereocenters. The molecule has 1 amide bonds. The molecule has 0 aliphatic carbocycles. The monoisotopic (exact) mass is 244 g/mol. The summed E-state index contributed by atoms with van der Waals surface area (Å²) in [5, 5.41) is 12.2. The third-order valence-electron chi connectivity index (χ3n) is 2.64. The maximum Gasteiger partial charge on any atom is 0.234 e. The molecule has 0 saturated carbocycles. The molecule has 0 saturated heterocycles. The van der Waals surface area contributed by atoms with Crippen LogP contribution in [0.2, 0.25) is 0 Å². The minimum atomic E-state index is -0.394. The molecule has 0 aliphatic heterocycles. The van der Waals surface area contributed by atoms with Gasteiger partial charge in [-0.3, -0.25) is 9.69 Å². The molecule has 0 aromatic heterocycles. The molecule has 0 rings (SSSR count). The number of hydrogen-bond donors (Lipinski definition) is 2. The third kappa shape index (κ3) is 10.3. The number of rotatable bonds is 9. The van der Waals surface area contributed by atoms with Crippen LogP contribution < -0.4 is 5.32 Å². The Morgan fingerprint density at radius 1 is 1.35 bits per heavy atom. The maximum atomic E-state index is 11.6. The third-order valence-corrected chi connectivity index (χ3v) is 2.64. The van der Waals surface area contributed by atoms with E-state index in [1.165, 1.54) is 19.3 Å². The average molecular weight is 244 g/mol. The van der Waals surface area contributed by atoms with Crippen molar-refractivity contribution < 1.29 is 9.90 Å². The Bertz CT molecular complexity index is 208. The first-order chi connectivity index (χ1) is 7.95. The molecule has 0 aromatic carbocycles. The summed E-state index contributed by atoms with van der Waals surface area (Å²) in [5.74, 6) is 0.0390. The maximum absolute atomic E-state index is 11.6. The Morgan fingerprint density at radius 2 is 2.00 bits per heavy atom. The van der Waals surface area contributed by atoms with E-state index in [1.807, 2.05) is 18.9 Å². The molecule has 4 heteroatoms. The summed E-state index contributed by atoms with van der Waals surface area (Å²) in [7, 11) is 1.84. The summed E-state index contributed by atoms with van der Waals surface area (Å²) in [6.45, 7) is 6.82. The van der Waals surface area contributed by atoms with E-state index in [0.717, 1.165) is 6.42 Å². The second-order valence-corrected chi connectivity index (χ2v) is 5.01. The van der Waals surface area contributed by atoms with Crippen LogP contribution in [0.1, 0.15) is 46.5 Å². The lowest BCUT2D eigenvalue weighted by molar-refractivity contribution is -0.122. The summed E-state index contributed by atoms with van der Waals surface area (Å²) >= 11 is 0. The lowest BCUT2D eigenvalue weighted by atomic mass is 10.1. The van der Waals surface area contributed by atoms with Gasteiger partial charge in [-0.2, -0.15) is 0 Å². The van der Waals surface area contributed by atoms with Crippen molar-refractivity contribution >= 4 is 5.91 Å². The van der Waals surface area contributed by atoms with Gasteiger partial charge in [0.1, 0.15) is 0 Å². The SMILES string of the molecule is CCCCCC(C)NC(=O)CN(C)CC(C)O. The van der Waals surface area contributed by atoms with Crippen LogP contribution in [0, 0.1) is 0 Å². The van der Waals surface area contributed by atoms with E-state index in [4.69, 9.17) is 0 Å². The molecular weight excluding hydrogens is 216 g/mol. The molecule has 0 aliphatic rings. The first-order valence-corrected chi connectivity index (χ1v) is 6.61. The Hall–Kier alpha value is -0.610. The van der Waals surface area contributed by atoms with Gasteiger partial charge in [0.05, 0.1) is 12.6 Å². The first kappa shape index (κ1) is 16.4. The number of amides is 1. The topological polar surface area (TPSA) is 52.6 Å². The molecule has 102 valence electrons. The Morgan fingerprint density at radius 3 is 2.53 bits per heavy atom. The van der Waals surface area contributed by atoms with Crippen molar-refractivity contribution in [2.75, 3.05) is 20.1 Å². The normalized spacial score (nSPS) is 14.7. The highest BCUT2D eigenvalue weighted by atomic mass is 16.3. The number of carbonyl (C=O) groups excluding carboxylic acids is 1. The van der Waals surface area contributed by atoms with E-state index in [2.05, 4.69) is 12.2 Å². The van der Waals surface area contributed by atoms with Crippen LogP contribution in [-0.4, -0.2) is 48.2 Å². The van der Waals surface area contributed by atoms with Gasteiger partial charge in [-0.05, 0) is 27.3 Å². The molecule has 2 atom stereocenters. The van der Waals surface area contributed by atoms with Gasteiger partial charge in [0.2, 0.25) is 5.91 Å². The van der Waals surface area contributed by atoms with E-state index >= 15 is 0 Å². The predicted molar refractivity (Wildman–Crippen MR) is 70.9 cm³/mol. The zero-order chi connectivity index (χ0) is 13.3. The number of aliphatic hydroxyl groups is 1. The predicted octanol–water partition coefficient (Wildman–Crippen LogP) is 1.38. The molecule has 17 heavy (non-hydrogen) atoms. The first-order valence-electron chi connectivity index (χ1n) is 6.61. The quantitative estimate of drug-likeness (QED) is 0.603. The van der Waals surface area contributed by atoms with Crippen LogP contribution in [0.25, 0.3) is 0 Å². The van der Waals surface area contributed by atoms with E-state index in [1.54, 1.807) is 6.92 Å². The van der Waals surface area contributed by atoms with Crippen molar-refractivity contribution in [2.45, 2.75) is 58.6 Å². The zero-order valence-corrected chi connectivity index (χ0v) is 11.7. The summed E-state index contributed by atoms with van der Waals surface area (Å²) in [5.41, 5.74) is 0. The fourth-order valence-corrected chi connectivity index (χ4v) is 1.85. The van der Waals surface area contributed by atoms with Crippen LogP contribution in [0.15, 0.2) is 0 Å². The van der Waals surface area contributed by atoms with Gasteiger partial charge in [0.25, 0.3) is 0 Å². The van der Waals surface area contributed by atoms with Gasteiger partial charge in [0, 0.05) is 12.6 Å². The van der Waals surface area contributed by atoms with E-state index < -0.39 is 6.10 Å². The van der Waals surface area contributed by atoms with Crippen molar-refractivity contribution in [1.29, 1.82) is 0 Å². The number of aliphatic hydroxyl groups excluding tert-OH is 1. The van der Waals surface area contributed by atoms with Crippen LogP contribution in [0.4, 0.5) is 0 Å². The number of carbonyl (C=O) groups is 1. The van der Waals surface area contributed by atoms with E-state index in [0.29, 0.717) is 13.1 Å². The Kier molecular flexibility index (Phi) is 9.09. The molecule has 0 aromatic rings. The highest BCUT2D eigenvalue weighted by Crippen LogP contribution is 2.02. The zero-order valence-electron chi connectivity index (χ0n) is 11.7. The molecule has 0 heterocycles. The highest BCUT2D eigenvalue weighted by molar-refractivity contribution is 5.78. The van der Waals surface area contributed by atoms with E-state index in [9.17, 15) is 9.90 Å². The Labute approximate surface area is 105 Å². The standard InChI is InChI=1S/C13H28N2O2/c1-5-6-7-8-11(2)14-13(17)10-15(4)9-12(3)16/h11-12,16H,5-10H2,1-4H3,(H,14,17). The molecule has 0 spiro atoms. The van der Waals surface area contributed by atoms with Gasteiger partial charge < -0.3 is 10.4 Å². The molecule has 2 N–H and O–H groups in total. The molecule has 0 fully saturated rings. The van der Waals surface area contributed by atoms with Crippen LogP contribution in [-0.2, 0) is 4.79 Å². The van der Waals surface area contributed by atoms with Crippen molar-refractivity contribution in [1.82, 2.24) is 10.2 Å². The van der Waals surface area contributed by atoms with Crippen LogP contribution in [0.5, 0.6) is 0 Å². The summed E-state index contributed by atoms with van der Waals surface area (Å²) in [6, 6.07) is 0.244. The average Bonchev–Trinajstić information content (AvgIpc) is 2.15. The summed E-state index contributed by atoms with van der Waals surface area (Å²) in [4.78, 5) is 13.5. The number of nitrogens with one attached hydrogen (secondary N) is 1. The lowest BCUT2D eigenvalue weighted by Gasteiger charge is -2.19. The minimum Gasteiger partial charge on any atom is -0.392 e. The van der Waals surface area contributed by atoms with Crippen LogP contribution >= 0.6 is 0 Å². The molecule has 0 radical (unpaired) electrons. The number of nitrogens with zero attached hydrogens (tertiary/aromatic N) is 1. The largest absolute Gasteiger partial charge is 0.392 e. The summed E-state index contributed by atoms with van der Waals surface area (Å²) in [6.07, 6.45) is 4.25. The fourth-order valence-electron chi connectivity index (χ4n) is 1.85. The van der Waals surface area contributed by atoms with Crippen LogP contribution in [0.3, 0.4) is 0 Å². The van der Waals surface area contributed by atoms with Crippen molar-refractivity contribution in [3.63, 3.8) is 0 Å². The fraction of sp³-hybridized carbons (Fsp3) is 0.923. The van der Waals surface area contributed by atoms with Gasteiger partial charge in [-0.15, -0.1) is 0 Å². The van der Waals surface area contributed by atoms with Crippen molar-refractivity contribution in [2.24, 2.45) is 0 Å². The van der Waals surface area contributed by atoms with Gasteiger partial charge in [-0.1, -0.05) is 26.2 Å². The highest BCUT2D eigenvalue weighted by Gasteiger charge is 2.10. The molecular formula is C13H28N2O2. The van der Waals surface area contributed by atoms with Gasteiger partial charge in [0.15, 0.2) is 0 Å². The second kappa shape index (κ2) is 9.42. The number of hydrogen-bond acceptors (Lipinski definition) is 3. The molecule has 0 bridgehead atoms. The molecule has 4 nitrogen and oxygen atoms in total. The smallest absolute Gasteiger partial charge is 0.234 e.